The van der Waals surface area contributed by atoms with Gasteiger partial charge in [-0.3, -0.25) is 9.78 Å². The van der Waals surface area contributed by atoms with Gasteiger partial charge in [-0.2, -0.15) is 0 Å². The molecule has 0 radical (unpaired) electrons. The van der Waals surface area contributed by atoms with Crippen LogP contribution in [-0.4, -0.2) is 20.9 Å². The summed E-state index contributed by atoms with van der Waals surface area (Å²) in [5, 5.41) is 2.75. The van der Waals surface area contributed by atoms with Gasteiger partial charge in [0, 0.05) is 11.3 Å². The van der Waals surface area contributed by atoms with E-state index in [2.05, 4.69) is 20.3 Å². The molecule has 0 aliphatic carbocycles. The Kier molecular flexibility index (Phi) is 3.24. The van der Waals surface area contributed by atoms with Crippen LogP contribution >= 0.6 is 0 Å². The number of amides is 1. The molecule has 0 spiro atoms. The molecule has 1 amide bonds. The van der Waals surface area contributed by atoms with Gasteiger partial charge in [-0.25, -0.2) is 9.78 Å². The second-order valence-corrected chi connectivity index (χ2v) is 5.19. The number of hydrogen-bond acceptors (Lipinski definition) is 4. The van der Waals surface area contributed by atoms with E-state index in [4.69, 9.17) is 4.42 Å². The molecular weight excluding hydrogens is 308 g/mol. The van der Waals surface area contributed by atoms with E-state index in [1.807, 2.05) is 30.3 Å². The van der Waals surface area contributed by atoms with Gasteiger partial charge >= 0.3 is 5.76 Å². The summed E-state index contributed by atoms with van der Waals surface area (Å²) < 4.78 is 4.92. The van der Waals surface area contributed by atoms with Crippen LogP contribution in [0.3, 0.4) is 0 Å². The van der Waals surface area contributed by atoms with E-state index in [0.29, 0.717) is 28.3 Å². The minimum Gasteiger partial charge on any atom is -0.408 e. The molecule has 0 unspecified atom stereocenters. The van der Waals surface area contributed by atoms with Crippen LogP contribution in [0.5, 0.6) is 0 Å². The van der Waals surface area contributed by atoms with Gasteiger partial charge in [-0.05, 0) is 18.2 Å². The Hall–Kier alpha value is -3.61. The largest absolute Gasteiger partial charge is 0.417 e. The molecule has 0 atom stereocenters. The fraction of sp³-hybridized carbons (Fsp3) is 0. The van der Waals surface area contributed by atoms with Crippen molar-refractivity contribution in [3.63, 3.8) is 0 Å². The van der Waals surface area contributed by atoms with Crippen molar-refractivity contribution < 1.29 is 9.21 Å². The quantitative estimate of drug-likeness (QED) is 0.540. The summed E-state index contributed by atoms with van der Waals surface area (Å²) in [6.45, 7) is 0. The number of aromatic nitrogens is 3. The third kappa shape index (κ3) is 2.58. The Balaban J connectivity index is 1.57. The van der Waals surface area contributed by atoms with Crippen molar-refractivity contribution in [1.82, 2.24) is 15.0 Å². The second-order valence-electron chi connectivity index (χ2n) is 5.19. The maximum Gasteiger partial charge on any atom is 0.417 e. The molecule has 0 saturated heterocycles. The van der Waals surface area contributed by atoms with Crippen molar-refractivity contribution in [3.8, 4) is 11.4 Å². The molecule has 0 bridgehead atoms. The number of carbonyl (C=O) groups is 1. The number of fused-ring (bicyclic) bond motifs is 1. The van der Waals surface area contributed by atoms with E-state index >= 15 is 0 Å². The van der Waals surface area contributed by atoms with E-state index in [9.17, 15) is 9.59 Å². The first-order chi connectivity index (χ1) is 11.7. The summed E-state index contributed by atoms with van der Waals surface area (Å²) in [5.41, 5.74) is 2.74. The lowest BCUT2D eigenvalue weighted by molar-refractivity contribution is 0.102. The molecule has 4 aromatic rings. The van der Waals surface area contributed by atoms with Crippen LogP contribution in [0.1, 0.15) is 10.5 Å². The zero-order chi connectivity index (χ0) is 16.5. The average molecular weight is 320 g/mol. The molecule has 24 heavy (non-hydrogen) atoms. The predicted molar refractivity (Wildman–Crippen MR) is 88.8 cm³/mol. The maximum absolute atomic E-state index is 12.3. The van der Waals surface area contributed by atoms with Crippen LogP contribution in [0.15, 0.2) is 63.9 Å². The van der Waals surface area contributed by atoms with Gasteiger partial charge in [0.25, 0.3) is 5.91 Å². The standard InChI is InChI=1S/C17H12N4O3/c22-16(13-9-18-15(20-13)10-4-2-1-3-5-10)19-11-6-7-14-12(8-11)21-17(23)24-14/h1-9H,(H,18,20)(H,19,22)(H,21,23). The van der Waals surface area contributed by atoms with E-state index in [-0.39, 0.29) is 5.91 Å². The first-order valence-electron chi connectivity index (χ1n) is 7.24. The molecule has 0 saturated carbocycles. The zero-order valence-electron chi connectivity index (χ0n) is 12.4. The van der Waals surface area contributed by atoms with Crippen LogP contribution in [0.4, 0.5) is 5.69 Å². The molecule has 2 heterocycles. The Morgan fingerprint density at radius 3 is 2.75 bits per heavy atom. The van der Waals surface area contributed by atoms with Gasteiger partial charge in [-0.15, -0.1) is 0 Å². The van der Waals surface area contributed by atoms with Crippen molar-refractivity contribution in [1.29, 1.82) is 0 Å². The van der Waals surface area contributed by atoms with Crippen LogP contribution in [0.25, 0.3) is 22.5 Å². The number of carbonyl (C=O) groups excluding carboxylic acids is 1. The first-order valence-corrected chi connectivity index (χ1v) is 7.24. The third-order valence-corrected chi connectivity index (χ3v) is 3.54. The lowest BCUT2D eigenvalue weighted by atomic mass is 10.2. The highest BCUT2D eigenvalue weighted by Gasteiger charge is 2.12. The molecule has 4 rings (SSSR count). The Labute approximate surface area is 135 Å². The fourth-order valence-electron chi connectivity index (χ4n) is 2.41. The van der Waals surface area contributed by atoms with Gasteiger partial charge in [-0.1, -0.05) is 30.3 Å². The normalized spacial score (nSPS) is 10.8. The molecule has 2 aromatic heterocycles. The van der Waals surface area contributed by atoms with Gasteiger partial charge in [0.2, 0.25) is 0 Å². The van der Waals surface area contributed by atoms with E-state index in [0.717, 1.165) is 5.56 Å². The second kappa shape index (κ2) is 5.54. The summed E-state index contributed by atoms with van der Waals surface area (Å²) in [6, 6.07) is 14.4. The van der Waals surface area contributed by atoms with Crippen molar-refractivity contribution in [2.45, 2.75) is 0 Å². The van der Waals surface area contributed by atoms with Crippen LogP contribution in [0.2, 0.25) is 0 Å². The number of aromatic amines is 2. The number of imidazole rings is 1. The molecule has 2 aromatic carbocycles. The predicted octanol–water partition coefficient (Wildman–Crippen LogP) is 2.76. The molecule has 118 valence electrons. The molecule has 7 heteroatoms. The zero-order valence-corrected chi connectivity index (χ0v) is 12.4. The molecular formula is C17H12N4O3. The number of hydrogen-bond donors (Lipinski definition) is 3. The van der Waals surface area contributed by atoms with Crippen LogP contribution < -0.4 is 11.1 Å². The van der Waals surface area contributed by atoms with Gasteiger partial charge < -0.3 is 14.7 Å². The number of nitrogens with zero attached hydrogens (tertiary/aromatic N) is 1. The Morgan fingerprint density at radius 2 is 1.92 bits per heavy atom. The number of H-pyrrole nitrogens is 2. The van der Waals surface area contributed by atoms with E-state index in [1.54, 1.807) is 18.2 Å². The van der Waals surface area contributed by atoms with Crippen molar-refractivity contribution in [3.05, 3.63) is 71.0 Å². The summed E-state index contributed by atoms with van der Waals surface area (Å²) in [6.07, 6.45) is 1.48. The lowest BCUT2D eigenvalue weighted by Crippen LogP contribution is -2.12. The first kappa shape index (κ1) is 14.0. The van der Waals surface area contributed by atoms with Gasteiger partial charge in [0.1, 0.15) is 11.5 Å². The van der Waals surface area contributed by atoms with E-state index < -0.39 is 5.76 Å². The van der Waals surface area contributed by atoms with Gasteiger partial charge in [0.05, 0.1) is 11.7 Å². The van der Waals surface area contributed by atoms with Crippen molar-refractivity contribution in [2.75, 3.05) is 5.32 Å². The number of oxazole rings is 1. The summed E-state index contributed by atoms with van der Waals surface area (Å²) in [4.78, 5) is 33.2. The minimum absolute atomic E-state index is 0.324. The number of benzene rings is 2. The Bertz CT molecular complexity index is 1080. The third-order valence-electron chi connectivity index (χ3n) is 3.54. The van der Waals surface area contributed by atoms with Crippen molar-refractivity contribution in [2.24, 2.45) is 0 Å². The topological polar surface area (TPSA) is 104 Å². The van der Waals surface area contributed by atoms with Crippen molar-refractivity contribution >= 4 is 22.7 Å². The monoisotopic (exact) mass is 320 g/mol. The summed E-state index contributed by atoms with van der Waals surface area (Å²) >= 11 is 0. The Morgan fingerprint density at radius 1 is 1.08 bits per heavy atom. The maximum atomic E-state index is 12.3. The highest BCUT2D eigenvalue weighted by Crippen LogP contribution is 2.18. The highest BCUT2D eigenvalue weighted by molar-refractivity contribution is 6.03. The van der Waals surface area contributed by atoms with Gasteiger partial charge in [0.15, 0.2) is 5.58 Å². The number of nitrogens with one attached hydrogen (secondary N) is 3. The molecule has 0 fully saturated rings. The molecule has 0 aliphatic heterocycles. The van der Waals surface area contributed by atoms with E-state index in [1.165, 1.54) is 6.20 Å². The molecule has 3 N–H and O–H groups in total. The smallest absolute Gasteiger partial charge is 0.408 e. The molecule has 7 nitrogen and oxygen atoms in total. The van der Waals surface area contributed by atoms with Crippen LogP contribution in [0, 0.1) is 0 Å². The SMILES string of the molecule is O=C(Nc1ccc2oc(=O)[nH]c2c1)c1cnc(-c2ccccc2)[nH]1. The highest BCUT2D eigenvalue weighted by atomic mass is 16.4. The number of anilines is 1. The van der Waals surface area contributed by atoms with Crippen LogP contribution in [-0.2, 0) is 0 Å². The summed E-state index contributed by atoms with van der Waals surface area (Å²) in [7, 11) is 0. The minimum atomic E-state index is -0.533. The summed E-state index contributed by atoms with van der Waals surface area (Å²) in [5.74, 6) is -0.236. The fourth-order valence-corrected chi connectivity index (χ4v) is 2.41. The number of rotatable bonds is 3. The lowest BCUT2D eigenvalue weighted by Gasteiger charge is -2.03. The average Bonchev–Trinajstić information content (AvgIpc) is 3.21. The molecule has 0 aliphatic rings.